The highest BCUT2D eigenvalue weighted by Gasteiger charge is 2.34. The van der Waals surface area contributed by atoms with Gasteiger partial charge in [0.25, 0.3) is 0 Å². The molecule has 0 fully saturated rings. The van der Waals surface area contributed by atoms with Gasteiger partial charge in [-0.1, -0.05) is 48.0 Å². The molecule has 0 rings (SSSR count). The maximum Gasteiger partial charge on any atom is 0.240 e. The van der Waals surface area contributed by atoms with Crippen LogP contribution in [-0.2, 0) is 4.79 Å². The molecule has 3 heteroatoms. The van der Waals surface area contributed by atoms with Crippen molar-refractivity contribution in [3.05, 3.63) is 0 Å². The zero-order valence-electron chi connectivity index (χ0n) is 14.0. The predicted octanol–water partition coefficient (Wildman–Crippen LogP) is 3.34. The largest absolute Gasteiger partial charge is 0.355 e. The van der Waals surface area contributed by atoms with Crippen LogP contribution >= 0.6 is 0 Å². The van der Waals surface area contributed by atoms with Gasteiger partial charge in [0, 0.05) is 13.1 Å². The lowest BCUT2D eigenvalue weighted by Gasteiger charge is -2.34. The van der Waals surface area contributed by atoms with Crippen LogP contribution in [0.2, 0.25) is 0 Å². The van der Waals surface area contributed by atoms with Crippen molar-refractivity contribution in [2.75, 3.05) is 13.1 Å². The Kier molecular flexibility index (Phi) is 7.65. The van der Waals surface area contributed by atoms with Crippen molar-refractivity contribution in [3.8, 4) is 0 Å². The highest BCUT2D eigenvalue weighted by Crippen LogP contribution is 2.20. The molecule has 2 N–H and O–H groups in total. The van der Waals surface area contributed by atoms with Crippen molar-refractivity contribution in [3.63, 3.8) is 0 Å². The average molecular weight is 270 g/mol. The Balaban J connectivity index is 4.61. The van der Waals surface area contributed by atoms with Crippen molar-refractivity contribution in [1.82, 2.24) is 10.6 Å². The molecule has 0 aromatic heterocycles. The van der Waals surface area contributed by atoms with Crippen LogP contribution in [0.1, 0.15) is 67.7 Å². The van der Waals surface area contributed by atoms with Gasteiger partial charge in [-0.15, -0.1) is 0 Å². The van der Waals surface area contributed by atoms with Crippen LogP contribution in [0, 0.1) is 11.3 Å². The average Bonchev–Trinajstić information content (AvgIpc) is 2.25. The minimum atomic E-state index is -0.463. The van der Waals surface area contributed by atoms with Crippen LogP contribution in [0.25, 0.3) is 0 Å². The van der Waals surface area contributed by atoms with E-state index in [4.69, 9.17) is 0 Å². The van der Waals surface area contributed by atoms with E-state index in [1.165, 1.54) is 0 Å². The maximum atomic E-state index is 12.4. The summed E-state index contributed by atoms with van der Waals surface area (Å²) in [7, 11) is 0. The smallest absolute Gasteiger partial charge is 0.240 e. The van der Waals surface area contributed by atoms with Gasteiger partial charge >= 0.3 is 0 Å². The van der Waals surface area contributed by atoms with E-state index in [1.54, 1.807) is 0 Å². The molecule has 3 nitrogen and oxygen atoms in total. The summed E-state index contributed by atoms with van der Waals surface area (Å²) < 4.78 is 0. The molecule has 0 aromatic rings. The molecular formula is C16H34N2O. The summed E-state index contributed by atoms with van der Waals surface area (Å²) in [5, 5.41) is 6.55. The number of hydrogen-bond donors (Lipinski definition) is 2. The van der Waals surface area contributed by atoms with Crippen LogP contribution in [0.15, 0.2) is 0 Å². The number of carbonyl (C=O) groups excluding carboxylic acids is 1. The normalized spacial score (nSPS) is 15.4. The van der Waals surface area contributed by atoms with Gasteiger partial charge in [0.2, 0.25) is 5.91 Å². The molecule has 0 aliphatic rings. The highest BCUT2D eigenvalue weighted by molar-refractivity contribution is 5.85. The Labute approximate surface area is 119 Å². The van der Waals surface area contributed by atoms with Crippen molar-refractivity contribution in [2.24, 2.45) is 11.3 Å². The van der Waals surface area contributed by atoms with Gasteiger partial charge in [-0.25, -0.2) is 0 Å². The van der Waals surface area contributed by atoms with E-state index in [2.05, 4.69) is 52.2 Å². The number of nitrogens with one attached hydrogen (secondary N) is 2. The number of unbranched alkanes of at least 4 members (excludes halogenated alkanes) is 1. The van der Waals surface area contributed by atoms with Crippen LogP contribution in [0.4, 0.5) is 0 Å². The second kappa shape index (κ2) is 7.88. The van der Waals surface area contributed by atoms with E-state index >= 15 is 0 Å². The van der Waals surface area contributed by atoms with Gasteiger partial charge in [-0.3, -0.25) is 4.79 Å². The first-order valence-electron chi connectivity index (χ1n) is 7.64. The van der Waals surface area contributed by atoms with E-state index in [0.717, 1.165) is 32.4 Å². The zero-order valence-corrected chi connectivity index (χ0v) is 14.0. The van der Waals surface area contributed by atoms with Crippen molar-refractivity contribution >= 4 is 5.91 Å². The molecule has 0 aromatic carbocycles. The van der Waals surface area contributed by atoms with E-state index in [9.17, 15) is 4.79 Å². The minimum absolute atomic E-state index is 0.138. The molecular weight excluding hydrogens is 236 g/mol. The lowest BCUT2D eigenvalue weighted by molar-refractivity contribution is -0.127. The van der Waals surface area contributed by atoms with Crippen LogP contribution in [0.5, 0.6) is 0 Å². The molecule has 1 amide bonds. The monoisotopic (exact) mass is 270 g/mol. The zero-order chi connectivity index (χ0) is 15.1. The molecule has 0 bridgehead atoms. The van der Waals surface area contributed by atoms with Gasteiger partial charge < -0.3 is 10.6 Å². The first kappa shape index (κ1) is 18.4. The summed E-state index contributed by atoms with van der Waals surface area (Å²) in [4.78, 5) is 12.4. The van der Waals surface area contributed by atoms with Gasteiger partial charge in [-0.05, 0) is 31.1 Å². The fraction of sp³-hybridized carbons (Fsp3) is 0.938. The van der Waals surface area contributed by atoms with Crippen LogP contribution < -0.4 is 10.6 Å². The summed E-state index contributed by atoms with van der Waals surface area (Å²) in [6.07, 6.45) is 3.01. The third-order valence-electron chi connectivity index (χ3n) is 3.14. The maximum absolute atomic E-state index is 12.4. The van der Waals surface area contributed by atoms with Gasteiger partial charge in [0.1, 0.15) is 0 Å². The van der Waals surface area contributed by atoms with Crippen molar-refractivity contribution in [1.29, 1.82) is 0 Å². The predicted molar refractivity (Wildman–Crippen MR) is 83.2 cm³/mol. The molecule has 0 spiro atoms. The van der Waals surface area contributed by atoms with Gasteiger partial charge in [0.05, 0.1) is 5.54 Å². The number of amides is 1. The van der Waals surface area contributed by atoms with Crippen molar-refractivity contribution < 1.29 is 4.79 Å². The standard InChI is InChI=1S/C16H34N2O/c1-8-9-10-17-14(19)16(7,11-13(2)3)18-12-15(4,5)6/h13,18H,8-12H2,1-7H3,(H,17,19). The molecule has 0 aliphatic heterocycles. The molecule has 0 saturated carbocycles. The van der Waals surface area contributed by atoms with E-state index in [0.29, 0.717) is 5.92 Å². The van der Waals surface area contributed by atoms with Gasteiger partial charge in [-0.2, -0.15) is 0 Å². The van der Waals surface area contributed by atoms with Crippen LogP contribution in [-0.4, -0.2) is 24.5 Å². The first-order valence-corrected chi connectivity index (χ1v) is 7.64. The third kappa shape index (κ3) is 8.25. The SMILES string of the molecule is CCCCNC(=O)C(C)(CC(C)C)NCC(C)(C)C. The second-order valence-corrected chi connectivity index (χ2v) is 7.45. The third-order valence-corrected chi connectivity index (χ3v) is 3.14. The molecule has 1 atom stereocenters. The van der Waals surface area contributed by atoms with E-state index in [-0.39, 0.29) is 11.3 Å². The van der Waals surface area contributed by atoms with Crippen molar-refractivity contribution in [2.45, 2.75) is 73.3 Å². The molecule has 0 aliphatic carbocycles. The van der Waals surface area contributed by atoms with Crippen LogP contribution in [0.3, 0.4) is 0 Å². The Morgan fingerprint density at radius 1 is 1.16 bits per heavy atom. The summed E-state index contributed by atoms with van der Waals surface area (Å²) in [6.45, 7) is 16.7. The summed E-state index contributed by atoms with van der Waals surface area (Å²) >= 11 is 0. The quantitative estimate of drug-likeness (QED) is 0.664. The minimum Gasteiger partial charge on any atom is -0.355 e. The Hall–Kier alpha value is -0.570. The number of hydrogen-bond acceptors (Lipinski definition) is 2. The lowest BCUT2D eigenvalue weighted by atomic mass is 9.87. The molecule has 0 heterocycles. The Bertz CT molecular complexity index is 268. The topological polar surface area (TPSA) is 41.1 Å². The van der Waals surface area contributed by atoms with Gasteiger partial charge in [0.15, 0.2) is 0 Å². The fourth-order valence-corrected chi connectivity index (χ4v) is 2.10. The number of rotatable bonds is 8. The molecule has 0 radical (unpaired) electrons. The Morgan fingerprint density at radius 2 is 1.74 bits per heavy atom. The summed E-state index contributed by atoms with van der Waals surface area (Å²) in [5.41, 5.74) is -0.281. The molecule has 1 unspecified atom stereocenters. The molecule has 19 heavy (non-hydrogen) atoms. The molecule has 0 saturated heterocycles. The highest BCUT2D eigenvalue weighted by atomic mass is 16.2. The summed E-state index contributed by atoms with van der Waals surface area (Å²) in [5.74, 6) is 0.633. The first-order chi connectivity index (χ1) is 8.60. The summed E-state index contributed by atoms with van der Waals surface area (Å²) in [6, 6.07) is 0. The lowest BCUT2D eigenvalue weighted by Crippen LogP contribution is -2.57. The number of carbonyl (C=O) groups is 1. The molecule has 114 valence electrons. The fourth-order valence-electron chi connectivity index (χ4n) is 2.10. The van der Waals surface area contributed by atoms with E-state index in [1.807, 2.05) is 6.92 Å². The van der Waals surface area contributed by atoms with E-state index < -0.39 is 5.54 Å². The Morgan fingerprint density at radius 3 is 2.16 bits per heavy atom. The second-order valence-electron chi connectivity index (χ2n) is 7.45.